The number of halogens is 3. The fourth-order valence-corrected chi connectivity index (χ4v) is 1.32. The van der Waals surface area contributed by atoms with Gasteiger partial charge in [0.05, 0.1) is 12.4 Å². The summed E-state index contributed by atoms with van der Waals surface area (Å²) in [7, 11) is 0. The molecule has 0 saturated carbocycles. The largest absolute Gasteiger partial charge is 0.225 e. The molecule has 2 heterocycles. The van der Waals surface area contributed by atoms with Crippen LogP contribution >= 0.6 is 23.2 Å². The van der Waals surface area contributed by atoms with E-state index >= 15 is 0 Å². The highest BCUT2D eigenvalue weighted by Crippen LogP contribution is 2.13. The maximum atomic E-state index is 12.6. The zero-order valence-corrected chi connectivity index (χ0v) is 8.17. The molecule has 0 radical (unpaired) electrons. The third-order valence-electron chi connectivity index (χ3n) is 1.44. The molecule has 0 saturated heterocycles. The molecule has 0 amide bonds. The summed E-state index contributed by atoms with van der Waals surface area (Å²) >= 11 is 11.2. The fraction of sp³-hybridized carbons (Fsp3) is 0. The lowest BCUT2D eigenvalue weighted by atomic mass is 10.6. The molecule has 0 atom stereocenters. The van der Waals surface area contributed by atoms with Crippen molar-refractivity contribution < 1.29 is 4.39 Å². The number of aromatic nitrogens is 4. The van der Waals surface area contributed by atoms with Crippen molar-refractivity contribution in [3.63, 3.8) is 0 Å². The van der Waals surface area contributed by atoms with Crippen LogP contribution in [0, 0.1) is 5.82 Å². The molecule has 0 bridgehead atoms. The van der Waals surface area contributed by atoms with Crippen molar-refractivity contribution in [2.24, 2.45) is 0 Å². The molecular weight excluding hydrogens is 230 g/mol. The second kappa shape index (κ2) is 3.51. The van der Waals surface area contributed by atoms with Gasteiger partial charge in [0.25, 0.3) is 0 Å². The Labute approximate surface area is 88.3 Å². The van der Waals surface area contributed by atoms with Crippen molar-refractivity contribution in [1.82, 2.24) is 19.7 Å². The maximum absolute atomic E-state index is 12.6. The lowest BCUT2D eigenvalue weighted by molar-refractivity contribution is 0.627. The molecule has 14 heavy (non-hydrogen) atoms. The molecular formula is C7H3Cl2FN4. The highest BCUT2D eigenvalue weighted by atomic mass is 35.5. The average Bonchev–Trinajstić information content (AvgIpc) is 2.50. The average molecular weight is 233 g/mol. The first-order chi connectivity index (χ1) is 6.65. The van der Waals surface area contributed by atoms with Crippen molar-refractivity contribution in [2.45, 2.75) is 0 Å². The van der Waals surface area contributed by atoms with Gasteiger partial charge < -0.3 is 0 Å². The quantitative estimate of drug-likeness (QED) is 0.559. The van der Waals surface area contributed by atoms with Crippen LogP contribution in [-0.4, -0.2) is 19.7 Å². The predicted octanol–water partition coefficient (Wildman–Crippen LogP) is 2.11. The lowest BCUT2D eigenvalue weighted by Crippen LogP contribution is -1.99. The van der Waals surface area contributed by atoms with E-state index in [1.54, 1.807) is 0 Å². The minimum absolute atomic E-state index is 0.0107. The summed E-state index contributed by atoms with van der Waals surface area (Å²) < 4.78 is 13.8. The highest BCUT2D eigenvalue weighted by molar-refractivity contribution is 6.31. The summed E-state index contributed by atoms with van der Waals surface area (Å²) in [6, 6.07) is 1.43. The van der Waals surface area contributed by atoms with Crippen LogP contribution in [0.2, 0.25) is 10.4 Å². The molecule has 2 aromatic heterocycles. The second-order valence-corrected chi connectivity index (χ2v) is 3.15. The maximum Gasteiger partial charge on any atom is 0.225 e. The first-order valence-electron chi connectivity index (χ1n) is 3.56. The molecule has 0 aliphatic carbocycles. The zero-order valence-electron chi connectivity index (χ0n) is 6.65. The Morgan fingerprint density at radius 1 is 1.29 bits per heavy atom. The van der Waals surface area contributed by atoms with Crippen LogP contribution in [0.25, 0.3) is 5.82 Å². The van der Waals surface area contributed by atoms with Crippen LogP contribution in [0.15, 0.2) is 18.5 Å². The van der Waals surface area contributed by atoms with Gasteiger partial charge in [0, 0.05) is 6.07 Å². The van der Waals surface area contributed by atoms with Gasteiger partial charge in [-0.05, 0) is 11.6 Å². The third-order valence-corrected chi connectivity index (χ3v) is 1.80. The monoisotopic (exact) mass is 232 g/mol. The predicted molar refractivity (Wildman–Crippen MR) is 49.1 cm³/mol. The number of hydrogen-bond donors (Lipinski definition) is 0. The van der Waals surface area contributed by atoms with Gasteiger partial charge >= 0.3 is 0 Å². The Hall–Kier alpha value is -1.20. The Balaban J connectivity index is 2.51. The molecule has 7 heteroatoms. The molecule has 0 aliphatic rings. The van der Waals surface area contributed by atoms with E-state index in [-0.39, 0.29) is 10.4 Å². The summed E-state index contributed by atoms with van der Waals surface area (Å²) in [6.07, 6.45) is 2.22. The van der Waals surface area contributed by atoms with Crippen molar-refractivity contribution in [3.8, 4) is 5.82 Å². The molecule has 0 fully saturated rings. The minimum atomic E-state index is -0.462. The van der Waals surface area contributed by atoms with Crippen molar-refractivity contribution in [3.05, 3.63) is 34.7 Å². The SMILES string of the molecule is Fc1cnn(-c2cc(Cl)nc(Cl)n2)c1. The smallest absolute Gasteiger partial charge is 0.219 e. The van der Waals surface area contributed by atoms with Gasteiger partial charge in [-0.25, -0.2) is 14.1 Å². The molecule has 2 aromatic rings. The van der Waals surface area contributed by atoms with Crippen LogP contribution in [0.1, 0.15) is 0 Å². The first kappa shape index (κ1) is 9.36. The Bertz CT molecular complexity index is 450. The molecule has 72 valence electrons. The Kier molecular flexibility index (Phi) is 2.35. The van der Waals surface area contributed by atoms with Gasteiger partial charge in [-0.1, -0.05) is 11.6 Å². The normalized spacial score (nSPS) is 10.5. The molecule has 4 nitrogen and oxygen atoms in total. The topological polar surface area (TPSA) is 43.6 Å². The summed E-state index contributed by atoms with van der Waals surface area (Å²) in [5.74, 6) is -0.144. The van der Waals surface area contributed by atoms with Crippen molar-refractivity contribution in [1.29, 1.82) is 0 Å². The van der Waals surface area contributed by atoms with E-state index in [1.165, 1.54) is 10.7 Å². The molecule has 0 aliphatic heterocycles. The van der Waals surface area contributed by atoms with E-state index in [4.69, 9.17) is 23.2 Å². The summed E-state index contributed by atoms with van der Waals surface area (Å²) in [5.41, 5.74) is 0. The van der Waals surface area contributed by atoms with Crippen LogP contribution in [0.4, 0.5) is 4.39 Å². The molecule has 0 spiro atoms. The lowest BCUT2D eigenvalue weighted by Gasteiger charge is -1.99. The van der Waals surface area contributed by atoms with E-state index in [2.05, 4.69) is 15.1 Å². The second-order valence-electron chi connectivity index (χ2n) is 2.42. The first-order valence-corrected chi connectivity index (χ1v) is 4.31. The third kappa shape index (κ3) is 1.83. The van der Waals surface area contributed by atoms with Gasteiger partial charge in [-0.3, -0.25) is 0 Å². The van der Waals surface area contributed by atoms with Crippen LogP contribution in [-0.2, 0) is 0 Å². The fourth-order valence-electron chi connectivity index (χ4n) is 0.922. The Morgan fingerprint density at radius 2 is 2.07 bits per heavy atom. The van der Waals surface area contributed by atoms with Gasteiger partial charge in [0.1, 0.15) is 5.15 Å². The van der Waals surface area contributed by atoms with E-state index in [0.29, 0.717) is 5.82 Å². The molecule has 0 aromatic carbocycles. The van der Waals surface area contributed by atoms with Crippen LogP contribution in [0.5, 0.6) is 0 Å². The van der Waals surface area contributed by atoms with Crippen LogP contribution < -0.4 is 0 Å². The van der Waals surface area contributed by atoms with E-state index < -0.39 is 5.82 Å². The summed E-state index contributed by atoms with van der Waals surface area (Å²) in [6.45, 7) is 0. The van der Waals surface area contributed by atoms with Gasteiger partial charge in [0.2, 0.25) is 5.28 Å². The van der Waals surface area contributed by atoms with Gasteiger partial charge in [-0.15, -0.1) is 0 Å². The molecule has 0 unspecified atom stereocenters. The highest BCUT2D eigenvalue weighted by Gasteiger charge is 2.05. The standard InChI is InChI=1S/C7H3Cl2FN4/c8-5-1-6(13-7(9)12-5)14-3-4(10)2-11-14/h1-3H. The number of hydrogen-bond acceptors (Lipinski definition) is 3. The molecule has 2 rings (SSSR count). The zero-order chi connectivity index (χ0) is 10.1. The van der Waals surface area contributed by atoms with Crippen molar-refractivity contribution in [2.75, 3.05) is 0 Å². The summed E-state index contributed by atoms with van der Waals surface area (Å²) in [4.78, 5) is 7.47. The van der Waals surface area contributed by atoms with E-state index in [1.807, 2.05) is 0 Å². The van der Waals surface area contributed by atoms with Crippen LogP contribution in [0.3, 0.4) is 0 Å². The number of rotatable bonds is 1. The van der Waals surface area contributed by atoms with Crippen molar-refractivity contribution >= 4 is 23.2 Å². The van der Waals surface area contributed by atoms with Gasteiger partial charge in [0.15, 0.2) is 11.6 Å². The van der Waals surface area contributed by atoms with Gasteiger partial charge in [-0.2, -0.15) is 10.1 Å². The Morgan fingerprint density at radius 3 is 2.64 bits per heavy atom. The van der Waals surface area contributed by atoms with E-state index in [0.717, 1.165) is 12.4 Å². The van der Waals surface area contributed by atoms with E-state index in [9.17, 15) is 4.39 Å². The minimum Gasteiger partial charge on any atom is -0.219 e. The number of nitrogens with zero attached hydrogens (tertiary/aromatic N) is 4. The summed E-state index contributed by atoms with van der Waals surface area (Å²) in [5, 5.41) is 3.87. The molecule has 0 N–H and O–H groups in total.